The van der Waals surface area contributed by atoms with Crippen molar-refractivity contribution in [1.29, 1.82) is 0 Å². The summed E-state index contributed by atoms with van der Waals surface area (Å²) >= 11 is 0. The first-order chi connectivity index (χ1) is 59.3. The van der Waals surface area contributed by atoms with E-state index >= 15 is 0 Å². The van der Waals surface area contributed by atoms with Gasteiger partial charge < -0.3 is 77.1 Å². The number of hydrogen-bond donors (Lipinski definition) is 0. The lowest BCUT2D eigenvalue weighted by Crippen LogP contribution is -2.40. The van der Waals surface area contributed by atoms with Crippen molar-refractivity contribution in [1.82, 2.24) is 39.2 Å². The Labute approximate surface area is 762 Å². The van der Waals surface area contributed by atoms with Crippen molar-refractivity contribution in [3.8, 4) is 0 Å². The molecule has 1 unspecified atom stereocenters. The quantitative estimate of drug-likeness (QED) is 0.0236. The molecule has 32 heteroatoms. The van der Waals surface area contributed by atoms with E-state index < -0.39 is 17.9 Å². The number of amides is 8. The van der Waals surface area contributed by atoms with Gasteiger partial charge in [-0.05, 0) is 218 Å². The molecule has 127 heavy (non-hydrogen) atoms. The summed E-state index contributed by atoms with van der Waals surface area (Å²) in [6.07, 6.45) is 20.7. The molecule has 0 rings (SSSR count). The maximum Gasteiger partial charge on any atom is 0.325 e. The molecule has 0 aliphatic heterocycles. The van der Waals surface area contributed by atoms with E-state index in [0.29, 0.717) is 51.5 Å². The van der Waals surface area contributed by atoms with Crippen LogP contribution in [0.5, 0.6) is 0 Å². The van der Waals surface area contributed by atoms with E-state index in [-0.39, 0.29) is 184 Å². The molecule has 0 bridgehead atoms. The van der Waals surface area contributed by atoms with E-state index in [1.807, 2.05) is 138 Å². The van der Waals surface area contributed by atoms with E-state index in [0.717, 1.165) is 70.6 Å². The van der Waals surface area contributed by atoms with Crippen molar-refractivity contribution in [3.05, 3.63) is 101 Å². The molecule has 0 aromatic rings. The number of ether oxygens (including phenoxy) is 8. The SMILES string of the molecule is C=CC(=O)N(CC(=O)OC(C)C)C(C)C.C=CC(=O)N(CC(=O)OC)C(C)C.C=CC(=O)N(CC(=O)OCC(C)C)C(C)C.C=CC(=O)N(CC(=O)OCC(CC)CCCC)C(C)C.C=CC(=O)N(CC(=O)OCC)C(C)C.C=CC(=O)N(CC(=O)OCCC)C(C)C.C=CC(=O)N(CC(=O)OCCCC)C(C)C.C=CC(=O)N(CC(=O)OCCCCCC)C(C)C. The molecule has 0 heterocycles. The predicted octanol–water partition coefficient (Wildman–Crippen LogP) is 13.3. The topological polar surface area (TPSA) is 373 Å². The second-order valence-electron chi connectivity index (χ2n) is 31.3. The predicted molar refractivity (Wildman–Crippen MR) is 499 cm³/mol. The molecule has 0 spiro atoms. The molecule has 0 saturated heterocycles. The lowest BCUT2D eigenvalue weighted by atomic mass is 10.0. The van der Waals surface area contributed by atoms with E-state index in [1.54, 1.807) is 20.8 Å². The maximum atomic E-state index is 11.8. The highest BCUT2D eigenvalue weighted by Crippen LogP contribution is 2.15. The number of rotatable bonds is 52. The third-order valence-corrected chi connectivity index (χ3v) is 17.0. The zero-order valence-corrected chi connectivity index (χ0v) is 82.7. The fourth-order valence-corrected chi connectivity index (χ4v) is 9.60. The highest BCUT2D eigenvalue weighted by atomic mass is 16.6. The number of methoxy groups -OCH3 is 1. The molecule has 1 atom stereocenters. The van der Waals surface area contributed by atoms with Crippen LogP contribution in [0.3, 0.4) is 0 Å². The van der Waals surface area contributed by atoms with Gasteiger partial charge in [0.1, 0.15) is 52.4 Å². The first kappa shape index (κ1) is 132. The Kier molecular flexibility index (Phi) is 85.6. The molecular weight excluding hydrogens is 1640 g/mol. The summed E-state index contributed by atoms with van der Waals surface area (Å²) in [5, 5.41) is 0. The first-order valence-corrected chi connectivity index (χ1v) is 44.0. The molecule has 0 radical (unpaired) electrons. The molecular formula is C95H166N8O24. The second kappa shape index (κ2) is 82.4. The smallest absolute Gasteiger partial charge is 0.325 e. The lowest BCUT2D eigenvalue weighted by molar-refractivity contribution is -0.152. The van der Waals surface area contributed by atoms with Crippen LogP contribution >= 0.6 is 0 Å². The first-order valence-electron chi connectivity index (χ1n) is 44.0. The Bertz CT molecular complexity index is 3270. The van der Waals surface area contributed by atoms with Gasteiger partial charge in [0.2, 0.25) is 47.3 Å². The van der Waals surface area contributed by atoms with Crippen molar-refractivity contribution in [2.75, 3.05) is 99.1 Å². The number of hydrogen-bond acceptors (Lipinski definition) is 24. The molecule has 8 amide bonds. The van der Waals surface area contributed by atoms with E-state index in [1.165, 1.54) is 94.9 Å². The highest BCUT2D eigenvalue weighted by molar-refractivity contribution is 5.94. The molecule has 0 aliphatic rings. The molecule has 0 saturated carbocycles. The van der Waals surface area contributed by atoms with Gasteiger partial charge in [-0.25, -0.2) is 0 Å². The summed E-state index contributed by atoms with van der Waals surface area (Å²) in [4.78, 5) is 193. The van der Waals surface area contributed by atoms with Crippen LogP contribution < -0.4 is 0 Å². The van der Waals surface area contributed by atoms with Gasteiger partial charge in [0.25, 0.3) is 0 Å². The van der Waals surface area contributed by atoms with Gasteiger partial charge in [-0.2, -0.15) is 0 Å². The Morgan fingerprint density at radius 2 is 0.496 bits per heavy atom. The average molecular weight is 1800 g/mol. The summed E-state index contributed by atoms with van der Waals surface area (Å²) in [6, 6.07) is -0.325. The number of carbonyl (C=O) groups excluding carboxylic acids is 16. The summed E-state index contributed by atoms with van der Waals surface area (Å²) in [7, 11) is 1.29. The fourth-order valence-electron chi connectivity index (χ4n) is 9.60. The van der Waals surface area contributed by atoms with Crippen molar-refractivity contribution in [2.45, 2.75) is 305 Å². The lowest BCUT2D eigenvalue weighted by Gasteiger charge is -2.24. The van der Waals surface area contributed by atoms with Crippen LogP contribution in [0.25, 0.3) is 0 Å². The Balaban J connectivity index is -0.000000213. The monoisotopic (exact) mass is 1800 g/mol. The van der Waals surface area contributed by atoms with Crippen molar-refractivity contribution < 1.29 is 115 Å². The number of carbonyl (C=O) groups is 16. The van der Waals surface area contributed by atoms with Gasteiger partial charge in [-0.15, -0.1) is 0 Å². The number of esters is 8. The molecule has 0 aliphatic carbocycles. The Hall–Kier alpha value is -10.6. The average Bonchev–Trinajstić information content (AvgIpc) is 0.916. The van der Waals surface area contributed by atoms with Crippen LogP contribution in [0, 0.1) is 11.8 Å². The summed E-state index contributed by atoms with van der Waals surface area (Å²) in [5.41, 5.74) is 0. The number of unbranched alkanes of at least 4 members (excludes halogenated alkanes) is 5. The van der Waals surface area contributed by atoms with Gasteiger partial charge in [0.15, 0.2) is 0 Å². The highest BCUT2D eigenvalue weighted by Gasteiger charge is 2.26. The van der Waals surface area contributed by atoms with Crippen LogP contribution in [-0.2, 0) is 115 Å². The Morgan fingerprint density at radius 3 is 0.717 bits per heavy atom. The summed E-state index contributed by atoms with van der Waals surface area (Å²) in [5.74, 6) is -4.32. The summed E-state index contributed by atoms with van der Waals surface area (Å²) in [6.45, 7) is 78.5. The van der Waals surface area contributed by atoms with Gasteiger partial charge in [0.05, 0.1) is 52.9 Å². The normalized spacial score (nSPS) is 10.3. The van der Waals surface area contributed by atoms with Gasteiger partial charge >= 0.3 is 47.8 Å². The standard InChI is InChI=1S/C16H29NO3.C14H25NO3.2C12H21NO3.2C11H19NO3.C10H17NO3.C9H15NO3/c1-6-9-10-14(7-2)12-20-16(19)11-17(13(4)5)15(18)8-3;1-5-7-8-9-10-18-14(17)11-15(12(3)4)13(16)6-2;1-6-11(14)13(10(4)5)7-12(15)16-8-9(2)3;1-5-7-8-16-12(15)9-13(10(3)4)11(14)6-2;1-6-10(13)12(8(2)3)7-11(14)15-9(4)5;1-5-7-15-11(14)8-12(9(3)4)10(13)6-2;1-5-9(12)11(8(3)4)7-10(13)14-6-2;1-5-8(11)10(7(2)3)6-9(12)13-4/h8,13-14H,3,6-7,9-12H2,1-2,4-5H3;6,12H,2,5,7-11H2,1,3-4H3;6,9-10H,1,7-8H2,2-5H3;6,10H,2,5,7-9H2,1,3-4H3;6,8-9H,1,7H2,2-5H3;6,9H,2,5,7-8H2,1,3-4H3;5,8H,1,6-7H2,2-4H3;5,7H,1,6H2,2-4H3. The third kappa shape index (κ3) is 73.2. The van der Waals surface area contributed by atoms with E-state index in [4.69, 9.17) is 33.2 Å². The fraction of sp³-hybridized carbons (Fsp3) is 0.663. The van der Waals surface area contributed by atoms with Crippen molar-refractivity contribution >= 4 is 95.0 Å². The third-order valence-electron chi connectivity index (χ3n) is 17.0. The van der Waals surface area contributed by atoms with Crippen molar-refractivity contribution in [3.63, 3.8) is 0 Å². The molecule has 0 aromatic heterocycles. The van der Waals surface area contributed by atoms with Crippen LogP contribution in [0.15, 0.2) is 101 Å². The van der Waals surface area contributed by atoms with Crippen LogP contribution in [0.2, 0.25) is 0 Å². The van der Waals surface area contributed by atoms with Gasteiger partial charge in [-0.1, -0.05) is 146 Å². The molecule has 730 valence electrons. The minimum Gasteiger partial charge on any atom is -0.468 e. The van der Waals surface area contributed by atoms with E-state index in [9.17, 15) is 76.7 Å². The Morgan fingerprint density at radius 1 is 0.260 bits per heavy atom. The minimum atomic E-state index is -0.427. The molecule has 0 aromatic carbocycles. The van der Waals surface area contributed by atoms with Crippen LogP contribution in [0.4, 0.5) is 0 Å². The van der Waals surface area contributed by atoms with E-state index in [2.05, 4.69) is 78.1 Å². The summed E-state index contributed by atoms with van der Waals surface area (Å²) < 4.78 is 39.5. The molecule has 32 nitrogen and oxygen atoms in total. The molecule has 0 N–H and O–H groups in total. The number of nitrogens with zero attached hydrogens (tertiary/aromatic N) is 8. The van der Waals surface area contributed by atoms with Crippen LogP contribution in [0.1, 0.15) is 251 Å². The van der Waals surface area contributed by atoms with Crippen molar-refractivity contribution in [2.24, 2.45) is 11.8 Å². The van der Waals surface area contributed by atoms with Crippen LogP contribution in [-0.4, -0.2) is 288 Å². The maximum absolute atomic E-state index is 11.8. The zero-order valence-electron chi connectivity index (χ0n) is 82.7. The zero-order chi connectivity index (χ0) is 100. The largest absolute Gasteiger partial charge is 0.468 e. The minimum absolute atomic E-state index is 0.00367. The second-order valence-corrected chi connectivity index (χ2v) is 31.3. The molecule has 0 fully saturated rings. The van der Waals surface area contributed by atoms with Gasteiger partial charge in [-0.3, -0.25) is 76.7 Å². The van der Waals surface area contributed by atoms with Gasteiger partial charge in [0, 0.05) is 48.3 Å².